The van der Waals surface area contributed by atoms with Crippen LogP contribution in [0.25, 0.3) is 0 Å². The standard InChI is InChI=1S/C18H28BrNO/c1-13-5-8-15(9-6-13)21-17-10-7-14(11-16(17)19)12-20-18(2,3)4/h7,10-11,13,15,20H,5-6,8-9,12H2,1-4H3. The van der Waals surface area contributed by atoms with Gasteiger partial charge in [0.1, 0.15) is 5.75 Å². The summed E-state index contributed by atoms with van der Waals surface area (Å²) in [5.41, 5.74) is 1.42. The van der Waals surface area contributed by atoms with Crippen LogP contribution in [0.1, 0.15) is 58.9 Å². The predicted molar refractivity (Wildman–Crippen MR) is 92.8 cm³/mol. The third kappa shape index (κ3) is 5.63. The van der Waals surface area contributed by atoms with Crippen LogP contribution in [0.15, 0.2) is 22.7 Å². The van der Waals surface area contributed by atoms with Gasteiger partial charge in [0.2, 0.25) is 0 Å². The molecule has 2 nitrogen and oxygen atoms in total. The van der Waals surface area contributed by atoms with Crippen molar-refractivity contribution in [1.29, 1.82) is 0 Å². The Balaban J connectivity index is 1.93. The Kier molecular flexibility index (Phi) is 5.73. The first-order valence-electron chi connectivity index (χ1n) is 8.03. The number of nitrogens with one attached hydrogen (secondary N) is 1. The van der Waals surface area contributed by atoms with E-state index in [9.17, 15) is 0 Å². The quantitative estimate of drug-likeness (QED) is 0.793. The zero-order valence-electron chi connectivity index (χ0n) is 13.7. The molecule has 2 rings (SSSR count). The molecule has 118 valence electrons. The number of hydrogen-bond donors (Lipinski definition) is 1. The molecule has 21 heavy (non-hydrogen) atoms. The molecule has 1 aromatic rings. The molecule has 0 unspecified atom stereocenters. The van der Waals surface area contributed by atoms with Crippen molar-refractivity contribution in [2.75, 3.05) is 0 Å². The van der Waals surface area contributed by atoms with E-state index in [0.717, 1.165) is 22.7 Å². The average molecular weight is 354 g/mol. The molecule has 1 fully saturated rings. The number of rotatable bonds is 4. The van der Waals surface area contributed by atoms with Crippen molar-refractivity contribution in [2.45, 2.75) is 71.6 Å². The fourth-order valence-corrected chi connectivity index (χ4v) is 3.16. The van der Waals surface area contributed by atoms with Gasteiger partial charge in [0.15, 0.2) is 0 Å². The molecule has 0 amide bonds. The lowest BCUT2D eigenvalue weighted by Gasteiger charge is -2.27. The van der Waals surface area contributed by atoms with Crippen molar-refractivity contribution in [3.63, 3.8) is 0 Å². The molecular formula is C18H28BrNO. The second-order valence-corrected chi connectivity index (χ2v) is 8.22. The molecule has 1 aliphatic carbocycles. The van der Waals surface area contributed by atoms with Crippen LogP contribution in [-0.4, -0.2) is 11.6 Å². The predicted octanol–water partition coefficient (Wildman–Crippen LogP) is 5.29. The van der Waals surface area contributed by atoms with Crippen molar-refractivity contribution in [2.24, 2.45) is 5.92 Å². The fraction of sp³-hybridized carbons (Fsp3) is 0.667. The topological polar surface area (TPSA) is 21.3 Å². The molecule has 1 aromatic carbocycles. The Morgan fingerprint density at radius 1 is 1.19 bits per heavy atom. The van der Waals surface area contributed by atoms with E-state index in [1.165, 1.54) is 31.2 Å². The van der Waals surface area contributed by atoms with Gasteiger partial charge in [0.05, 0.1) is 10.6 Å². The third-order valence-electron chi connectivity index (χ3n) is 4.08. The summed E-state index contributed by atoms with van der Waals surface area (Å²) >= 11 is 3.65. The van der Waals surface area contributed by atoms with Gasteiger partial charge in [-0.05, 0) is 86.0 Å². The Bertz CT molecular complexity index is 459. The van der Waals surface area contributed by atoms with Gasteiger partial charge in [-0.2, -0.15) is 0 Å². The van der Waals surface area contributed by atoms with E-state index in [4.69, 9.17) is 4.74 Å². The van der Waals surface area contributed by atoms with Crippen molar-refractivity contribution >= 4 is 15.9 Å². The minimum atomic E-state index is 0.139. The van der Waals surface area contributed by atoms with Gasteiger partial charge in [-0.3, -0.25) is 0 Å². The van der Waals surface area contributed by atoms with Gasteiger partial charge in [-0.1, -0.05) is 13.0 Å². The minimum absolute atomic E-state index is 0.139. The smallest absolute Gasteiger partial charge is 0.133 e. The van der Waals surface area contributed by atoms with Gasteiger partial charge in [0, 0.05) is 12.1 Å². The summed E-state index contributed by atoms with van der Waals surface area (Å²) in [6, 6.07) is 6.42. The summed E-state index contributed by atoms with van der Waals surface area (Å²) in [6.45, 7) is 9.77. The van der Waals surface area contributed by atoms with E-state index in [2.05, 4.69) is 67.1 Å². The van der Waals surface area contributed by atoms with Crippen LogP contribution in [0.5, 0.6) is 5.75 Å². The highest BCUT2D eigenvalue weighted by atomic mass is 79.9. The van der Waals surface area contributed by atoms with E-state index in [-0.39, 0.29) is 5.54 Å². The summed E-state index contributed by atoms with van der Waals surface area (Å²) in [5.74, 6) is 1.84. The first-order chi connectivity index (χ1) is 9.83. The minimum Gasteiger partial charge on any atom is -0.489 e. The number of benzene rings is 1. The van der Waals surface area contributed by atoms with Crippen LogP contribution >= 0.6 is 15.9 Å². The van der Waals surface area contributed by atoms with E-state index < -0.39 is 0 Å². The monoisotopic (exact) mass is 353 g/mol. The average Bonchev–Trinajstić information content (AvgIpc) is 2.41. The normalized spacial score (nSPS) is 23.1. The first-order valence-corrected chi connectivity index (χ1v) is 8.83. The van der Waals surface area contributed by atoms with Crippen LogP contribution < -0.4 is 10.1 Å². The summed E-state index contributed by atoms with van der Waals surface area (Å²) < 4.78 is 7.23. The Hall–Kier alpha value is -0.540. The summed E-state index contributed by atoms with van der Waals surface area (Å²) in [6.07, 6.45) is 5.32. The molecule has 0 aromatic heterocycles. The maximum Gasteiger partial charge on any atom is 0.133 e. The van der Waals surface area contributed by atoms with Crippen LogP contribution in [0, 0.1) is 5.92 Å². The molecule has 0 atom stereocenters. The lowest BCUT2D eigenvalue weighted by Crippen LogP contribution is -2.35. The largest absolute Gasteiger partial charge is 0.489 e. The molecule has 0 aliphatic heterocycles. The summed E-state index contributed by atoms with van der Waals surface area (Å²) in [5, 5.41) is 3.51. The van der Waals surface area contributed by atoms with Gasteiger partial charge in [-0.25, -0.2) is 0 Å². The molecule has 1 N–H and O–H groups in total. The zero-order valence-corrected chi connectivity index (χ0v) is 15.3. The molecule has 1 aliphatic rings. The molecule has 0 spiro atoms. The molecule has 0 bridgehead atoms. The highest BCUT2D eigenvalue weighted by molar-refractivity contribution is 9.10. The van der Waals surface area contributed by atoms with E-state index in [1.807, 2.05) is 0 Å². The van der Waals surface area contributed by atoms with Gasteiger partial charge in [-0.15, -0.1) is 0 Å². The molecular weight excluding hydrogens is 326 g/mol. The van der Waals surface area contributed by atoms with E-state index in [0.29, 0.717) is 6.10 Å². The maximum atomic E-state index is 6.17. The van der Waals surface area contributed by atoms with E-state index >= 15 is 0 Å². The van der Waals surface area contributed by atoms with Crippen molar-refractivity contribution in [3.05, 3.63) is 28.2 Å². The molecule has 0 heterocycles. The van der Waals surface area contributed by atoms with Crippen molar-refractivity contribution in [3.8, 4) is 5.75 Å². The van der Waals surface area contributed by atoms with Gasteiger partial charge in [0.25, 0.3) is 0 Å². The molecule has 3 heteroatoms. The Morgan fingerprint density at radius 2 is 1.86 bits per heavy atom. The van der Waals surface area contributed by atoms with Crippen molar-refractivity contribution in [1.82, 2.24) is 5.32 Å². The maximum absolute atomic E-state index is 6.17. The molecule has 1 saturated carbocycles. The Labute approximate surface area is 137 Å². The van der Waals surface area contributed by atoms with Gasteiger partial charge < -0.3 is 10.1 Å². The fourth-order valence-electron chi connectivity index (χ4n) is 2.64. The number of hydrogen-bond acceptors (Lipinski definition) is 2. The molecule has 0 saturated heterocycles. The van der Waals surface area contributed by atoms with Gasteiger partial charge >= 0.3 is 0 Å². The highest BCUT2D eigenvalue weighted by Crippen LogP contribution is 2.31. The van der Waals surface area contributed by atoms with Crippen LogP contribution in [0.2, 0.25) is 0 Å². The second-order valence-electron chi connectivity index (χ2n) is 7.37. The Morgan fingerprint density at radius 3 is 2.43 bits per heavy atom. The third-order valence-corrected chi connectivity index (χ3v) is 4.70. The lowest BCUT2D eigenvalue weighted by molar-refractivity contribution is 0.134. The summed E-state index contributed by atoms with van der Waals surface area (Å²) in [4.78, 5) is 0. The summed E-state index contributed by atoms with van der Waals surface area (Å²) in [7, 11) is 0. The van der Waals surface area contributed by atoms with Crippen LogP contribution in [0.4, 0.5) is 0 Å². The van der Waals surface area contributed by atoms with Crippen LogP contribution in [-0.2, 0) is 6.54 Å². The lowest BCUT2D eigenvalue weighted by atomic mass is 9.89. The first kappa shape index (κ1) is 16.8. The van der Waals surface area contributed by atoms with Crippen molar-refractivity contribution < 1.29 is 4.74 Å². The zero-order chi connectivity index (χ0) is 15.5. The molecule has 0 radical (unpaired) electrons. The van der Waals surface area contributed by atoms with Crippen LogP contribution in [0.3, 0.4) is 0 Å². The SMILES string of the molecule is CC1CCC(Oc2ccc(CNC(C)(C)C)cc2Br)CC1. The second kappa shape index (κ2) is 7.15. The number of halogens is 1. The highest BCUT2D eigenvalue weighted by Gasteiger charge is 2.20. The van der Waals surface area contributed by atoms with E-state index in [1.54, 1.807) is 0 Å². The number of ether oxygens (including phenoxy) is 1.